The van der Waals surface area contributed by atoms with Crippen molar-refractivity contribution in [1.82, 2.24) is 9.97 Å². The van der Waals surface area contributed by atoms with Gasteiger partial charge in [-0.25, -0.2) is 15.0 Å². The van der Waals surface area contributed by atoms with Crippen molar-refractivity contribution in [1.29, 1.82) is 0 Å². The highest BCUT2D eigenvalue weighted by Crippen LogP contribution is 2.17. The maximum absolute atomic E-state index is 12.5. The van der Waals surface area contributed by atoms with Crippen molar-refractivity contribution in [3.8, 4) is 0 Å². The summed E-state index contributed by atoms with van der Waals surface area (Å²) in [5.74, 6) is 0.486. The molecular formula is C21H26N6O2. The van der Waals surface area contributed by atoms with Crippen molar-refractivity contribution in [2.75, 3.05) is 29.9 Å². The highest BCUT2D eigenvalue weighted by atomic mass is 16.5. The van der Waals surface area contributed by atoms with Crippen molar-refractivity contribution in [2.45, 2.75) is 38.1 Å². The first-order chi connectivity index (χ1) is 14.2. The summed E-state index contributed by atoms with van der Waals surface area (Å²) in [7, 11) is 0. The molecule has 3 heterocycles. The monoisotopic (exact) mass is 394 g/mol. The lowest BCUT2D eigenvalue weighted by atomic mass is 10.1. The van der Waals surface area contributed by atoms with Gasteiger partial charge >= 0.3 is 0 Å². The van der Waals surface area contributed by atoms with Crippen LogP contribution in [-0.4, -0.2) is 47.6 Å². The molecule has 8 nitrogen and oxygen atoms in total. The summed E-state index contributed by atoms with van der Waals surface area (Å²) in [5, 5.41) is 2.90. The molecule has 1 amide bonds. The summed E-state index contributed by atoms with van der Waals surface area (Å²) in [6.07, 6.45) is 8.53. The molecule has 2 aliphatic rings. The molecule has 152 valence electrons. The van der Waals surface area contributed by atoms with Crippen molar-refractivity contribution in [3.05, 3.63) is 47.8 Å². The first-order valence-electron chi connectivity index (χ1n) is 10.1. The molecule has 1 atom stereocenters. The maximum Gasteiger partial charge on any atom is 0.282 e. The second-order valence-corrected chi connectivity index (χ2v) is 7.44. The summed E-state index contributed by atoms with van der Waals surface area (Å²) >= 11 is 0. The number of piperidine rings is 1. The predicted octanol–water partition coefficient (Wildman–Crippen LogP) is 2.37. The van der Waals surface area contributed by atoms with E-state index >= 15 is 0 Å². The lowest BCUT2D eigenvalue weighted by Gasteiger charge is -2.26. The van der Waals surface area contributed by atoms with E-state index in [1.165, 1.54) is 12.0 Å². The molecule has 2 aliphatic heterocycles. The minimum Gasteiger partial charge on any atom is -0.463 e. The van der Waals surface area contributed by atoms with Crippen LogP contribution >= 0.6 is 0 Å². The Morgan fingerprint density at radius 1 is 1.14 bits per heavy atom. The van der Waals surface area contributed by atoms with Gasteiger partial charge in [-0.2, -0.15) is 0 Å². The number of amides is 1. The van der Waals surface area contributed by atoms with Crippen LogP contribution in [0, 0.1) is 0 Å². The van der Waals surface area contributed by atoms with Crippen LogP contribution in [0.4, 0.5) is 11.6 Å². The number of carbonyl (C=O) groups excluding carboxylic acids is 1. The number of anilines is 2. The quantitative estimate of drug-likeness (QED) is 0.779. The second-order valence-electron chi connectivity index (χ2n) is 7.44. The summed E-state index contributed by atoms with van der Waals surface area (Å²) in [6, 6.07) is 8.23. The molecule has 1 aromatic heterocycles. The van der Waals surface area contributed by atoms with Gasteiger partial charge in [0.1, 0.15) is 6.61 Å². The number of aliphatic imine (C=N–C) groups is 1. The van der Waals surface area contributed by atoms with Gasteiger partial charge in [-0.1, -0.05) is 12.1 Å². The van der Waals surface area contributed by atoms with Crippen LogP contribution in [0.2, 0.25) is 0 Å². The van der Waals surface area contributed by atoms with E-state index in [1.807, 2.05) is 24.3 Å². The zero-order valence-electron chi connectivity index (χ0n) is 16.4. The summed E-state index contributed by atoms with van der Waals surface area (Å²) < 4.78 is 5.17. The number of rotatable bonds is 6. The fourth-order valence-electron chi connectivity index (χ4n) is 3.57. The minimum absolute atomic E-state index is 0.127. The largest absolute Gasteiger partial charge is 0.463 e. The molecule has 0 aliphatic carbocycles. The normalized spacial score (nSPS) is 18.8. The minimum atomic E-state index is -0.212. The highest BCUT2D eigenvalue weighted by Gasteiger charge is 2.17. The van der Waals surface area contributed by atoms with Crippen LogP contribution in [0.3, 0.4) is 0 Å². The van der Waals surface area contributed by atoms with Gasteiger partial charge in [0.15, 0.2) is 0 Å². The van der Waals surface area contributed by atoms with E-state index < -0.39 is 0 Å². The number of aryl methyl sites for hydroxylation is 1. The molecule has 3 N–H and O–H groups in total. The van der Waals surface area contributed by atoms with Crippen LogP contribution in [0.25, 0.3) is 0 Å². The van der Waals surface area contributed by atoms with Crippen LogP contribution in [0.5, 0.6) is 0 Å². The van der Waals surface area contributed by atoms with Gasteiger partial charge in [0.25, 0.3) is 11.9 Å². The van der Waals surface area contributed by atoms with Gasteiger partial charge in [-0.05, 0) is 49.8 Å². The number of hydrogen-bond donors (Lipinski definition) is 2. The number of hydrogen-bond acceptors (Lipinski definition) is 7. The zero-order chi connectivity index (χ0) is 20.1. The van der Waals surface area contributed by atoms with Crippen molar-refractivity contribution >= 4 is 23.6 Å². The molecule has 29 heavy (non-hydrogen) atoms. The number of nitrogens with two attached hydrogens (primary N) is 1. The van der Waals surface area contributed by atoms with E-state index in [0.717, 1.165) is 44.5 Å². The number of amidine groups is 1. The number of nitrogens with one attached hydrogen (secondary N) is 1. The van der Waals surface area contributed by atoms with Gasteiger partial charge in [0.05, 0.1) is 11.6 Å². The molecule has 1 saturated heterocycles. The number of benzene rings is 1. The summed E-state index contributed by atoms with van der Waals surface area (Å²) in [6.45, 7) is 2.51. The second kappa shape index (κ2) is 8.89. The molecule has 2 aromatic rings. The van der Waals surface area contributed by atoms with Crippen LogP contribution in [0.15, 0.2) is 41.7 Å². The molecular weight excluding hydrogens is 368 g/mol. The van der Waals surface area contributed by atoms with E-state index in [9.17, 15) is 4.79 Å². The topological polar surface area (TPSA) is 106 Å². The molecule has 1 unspecified atom stereocenters. The molecule has 0 spiro atoms. The average molecular weight is 394 g/mol. The zero-order valence-corrected chi connectivity index (χ0v) is 16.4. The Bertz CT molecular complexity index is 860. The Labute approximate surface area is 170 Å². The van der Waals surface area contributed by atoms with E-state index in [2.05, 4.69) is 25.2 Å². The first kappa shape index (κ1) is 19.2. The van der Waals surface area contributed by atoms with Crippen LogP contribution in [-0.2, 0) is 11.2 Å². The van der Waals surface area contributed by atoms with Gasteiger partial charge in [-0.15, -0.1) is 0 Å². The molecule has 0 saturated carbocycles. The average Bonchev–Trinajstić information content (AvgIpc) is 3.19. The van der Waals surface area contributed by atoms with E-state index in [4.69, 9.17) is 10.5 Å². The standard InChI is InChI=1S/C21H26N6O2/c22-20-26-18(14-29-20)9-6-15-4-7-17(8-5-15)25-19(28)16-12-23-21(24-13-16)27-10-2-1-3-11-27/h4-5,7-8,12-13,18H,1-3,6,9-11,14H2,(H2,22,26)(H,25,28). The van der Waals surface area contributed by atoms with Gasteiger partial charge < -0.3 is 20.7 Å². The maximum atomic E-state index is 12.5. The van der Waals surface area contributed by atoms with Gasteiger partial charge in [0, 0.05) is 31.2 Å². The summed E-state index contributed by atoms with van der Waals surface area (Å²) in [5.41, 5.74) is 7.90. The van der Waals surface area contributed by atoms with E-state index in [1.54, 1.807) is 12.4 Å². The van der Waals surface area contributed by atoms with Gasteiger partial charge in [-0.3, -0.25) is 4.79 Å². The number of ether oxygens (including phenoxy) is 1. The Kier molecular flexibility index (Phi) is 5.88. The lowest BCUT2D eigenvalue weighted by Crippen LogP contribution is -2.31. The Balaban J connectivity index is 1.29. The fraction of sp³-hybridized carbons (Fsp3) is 0.429. The van der Waals surface area contributed by atoms with E-state index in [-0.39, 0.29) is 18.0 Å². The molecule has 1 aromatic carbocycles. The third kappa shape index (κ3) is 5.01. The molecule has 1 fully saturated rings. The highest BCUT2D eigenvalue weighted by molar-refractivity contribution is 6.03. The van der Waals surface area contributed by atoms with Crippen LogP contribution in [0.1, 0.15) is 41.6 Å². The third-order valence-electron chi connectivity index (χ3n) is 5.25. The van der Waals surface area contributed by atoms with Crippen LogP contribution < -0.4 is 16.0 Å². The molecule has 0 bridgehead atoms. The predicted molar refractivity (Wildman–Crippen MR) is 112 cm³/mol. The van der Waals surface area contributed by atoms with Crippen molar-refractivity contribution < 1.29 is 9.53 Å². The van der Waals surface area contributed by atoms with E-state index in [0.29, 0.717) is 18.1 Å². The Morgan fingerprint density at radius 3 is 2.52 bits per heavy atom. The molecule has 4 rings (SSSR count). The number of aromatic nitrogens is 2. The fourth-order valence-corrected chi connectivity index (χ4v) is 3.57. The first-order valence-corrected chi connectivity index (χ1v) is 10.1. The molecule has 0 radical (unpaired) electrons. The Morgan fingerprint density at radius 2 is 1.86 bits per heavy atom. The third-order valence-corrected chi connectivity index (χ3v) is 5.25. The number of carbonyl (C=O) groups is 1. The summed E-state index contributed by atoms with van der Waals surface area (Å²) in [4.78, 5) is 27.6. The van der Waals surface area contributed by atoms with Gasteiger partial charge in [0.2, 0.25) is 5.95 Å². The molecule has 8 heteroatoms. The lowest BCUT2D eigenvalue weighted by molar-refractivity contribution is 0.102. The van der Waals surface area contributed by atoms with Crippen molar-refractivity contribution in [3.63, 3.8) is 0 Å². The smallest absolute Gasteiger partial charge is 0.282 e. The number of nitrogens with zero attached hydrogens (tertiary/aromatic N) is 4. The Hall–Kier alpha value is -3.16. The van der Waals surface area contributed by atoms with Crippen molar-refractivity contribution in [2.24, 2.45) is 10.7 Å². The SMILES string of the molecule is NC1=NC(CCc2ccc(NC(=O)c3cnc(N4CCCCC4)nc3)cc2)CO1.